The molecule has 3 N–H and O–H groups in total. The van der Waals surface area contributed by atoms with Crippen molar-refractivity contribution in [3.05, 3.63) is 40.4 Å². The Hall–Kier alpha value is -1.33. The van der Waals surface area contributed by atoms with Crippen molar-refractivity contribution in [1.82, 2.24) is 5.43 Å². The van der Waals surface area contributed by atoms with Crippen LogP contribution in [0.2, 0.25) is 0 Å². The van der Waals surface area contributed by atoms with Crippen LogP contribution in [0.25, 0.3) is 0 Å². The van der Waals surface area contributed by atoms with Gasteiger partial charge in [0.2, 0.25) is 0 Å². The highest BCUT2D eigenvalue weighted by atomic mass is 79.9. The number of benzene rings is 1. The molecule has 0 saturated heterocycles. The van der Waals surface area contributed by atoms with Crippen LogP contribution in [0.5, 0.6) is 5.75 Å². The van der Waals surface area contributed by atoms with Gasteiger partial charge in [0.05, 0.1) is 4.47 Å². The molecular weight excluding hydrogens is 272 g/mol. The highest BCUT2D eigenvalue weighted by Crippen LogP contribution is 2.26. The van der Waals surface area contributed by atoms with Gasteiger partial charge >= 0.3 is 0 Å². The van der Waals surface area contributed by atoms with Gasteiger partial charge in [-0.25, -0.2) is 5.84 Å². The van der Waals surface area contributed by atoms with Crippen molar-refractivity contribution >= 4 is 21.8 Å². The lowest BCUT2D eigenvalue weighted by Gasteiger charge is -2.09. The normalized spacial score (nSPS) is 9.69. The number of nitrogens with one attached hydrogen (secondary N) is 1. The van der Waals surface area contributed by atoms with Crippen molar-refractivity contribution in [3.63, 3.8) is 0 Å². The van der Waals surface area contributed by atoms with Crippen molar-refractivity contribution in [2.45, 2.75) is 6.92 Å². The van der Waals surface area contributed by atoms with Crippen molar-refractivity contribution in [2.24, 2.45) is 5.84 Å². The lowest BCUT2D eigenvalue weighted by Crippen LogP contribution is -2.29. The first-order chi connectivity index (χ1) is 7.54. The molecule has 1 rings (SSSR count). The van der Waals surface area contributed by atoms with Gasteiger partial charge < -0.3 is 4.74 Å². The van der Waals surface area contributed by atoms with Crippen LogP contribution in [0.1, 0.15) is 17.3 Å². The molecule has 0 aromatic heterocycles. The first kappa shape index (κ1) is 12.7. The minimum absolute atomic E-state index is 0.341. The van der Waals surface area contributed by atoms with Gasteiger partial charge in [-0.05, 0) is 46.6 Å². The summed E-state index contributed by atoms with van der Waals surface area (Å²) in [5.74, 6) is 5.36. The Labute approximate surface area is 103 Å². The molecule has 16 heavy (non-hydrogen) atoms. The number of halogens is 1. The molecule has 4 nitrogen and oxygen atoms in total. The maximum atomic E-state index is 11.2. The van der Waals surface area contributed by atoms with E-state index in [-0.39, 0.29) is 5.91 Å². The van der Waals surface area contributed by atoms with Gasteiger partial charge in [0, 0.05) is 5.56 Å². The quantitative estimate of drug-likeness (QED) is 0.385. The summed E-state index contributed by atoms with van der Waals surface area (Å²) in [5, 5.41) is 0. The van der Waals surface area contributed by atoms with Crippen LogP contribution >= 0.6 is 15.9 Å². The molecule has 86 valence electrons. The van der Waals surface area contributed by atoms with Gasteiger partial charge in [0.25, 0.3) is 5.91 Å². The minimum Gasteiger partial charge on any atom is -0.488 e. The fourth-order valence-electron chi connectivity index (χ4n) is 1.04. The van der Waals surface area contributed by atoms with Crippen molar-refractivity contribution in [1.29, 1.82) is 0 Å². The average molecular weight is 285 g/mol. The number of hydrogen-bond acceptors (Lipinski definition) is 3. The molecule has 0 aliphatic heterocycles. The second kappa shape index (κ2) is 5.67. The van der Waals surface area contributed by atoms with Gasteiger partial charge in [-0.3, -0.25) is 10.2 Å². The molecule has 1 amide bonds. The fourth-order valence-corrected chi connectivity index (χ4v) is 1.54. The van der Waals surface area contributed by atoms with Crippen LogP contribution in [0.4, 0.5) is 0 Å². The first-order valence-electron chi connectivity index (χ1n) is 4.62. The smallest absolute Gasteiger partial charge is 0.265 e. The van der Waals surface area contributed by atoms with E-state index in [1.165, 1.54) is 0 Å². The standard InChI is InChI=1S/C11H13BrN2O2/c1-7(2)6-16-10-4-3-8(5-9(10)12)11(15)14-13/h3-5H,1,6,13H2,2H3,(H,14,15). The van der Waals surface area contributed by atoms with Gasteiger partial charge in [-0.1, -0.05) is 6.58 Å². The molecular formula is C11H13BrN2O2. The minimum atomic E-state index is -0.341. The van der Waals surface area contributed by atoms with Crippen LogP contribution in [0.3, 0.4) is 0 Å². The third-order valence-corrected chi connectivity index (χ3v) is 2.42. The number of ether oxygens (including phenoxy) is 1. The highest BCUT2D eigenvalue weighted by molar-refractivity contribution is 9.10. The molecule has 1 aromatic carbocycles. The molecule has 0 heterocycles. The summed E-state index contributed by atoms with van der Waals surface area (Å²) in [6.07, 6.45) is 0. The first-order valence-corrected chi connectivity index (χ1v) is 5.41. The maximum Gasteiger partial charge on any atom is 0.265 e. The van der Waals surface area contributed by atoms with E-state index in [0.29, 0.717) is 22.4 Å². The molecule has 0 unspecified atom stereocenters. The lowest BCUT2D eigenvalue weighted by molar-refractivity contribution is 0.0953. The number of amides is 1. The van der Waals surface area contributed by atoms with Crippen LogP contribution in [0, 0.1) is 0 Å². The van der Waals surface area contributed by atoms with E-state index in [2.05, 4.69) is 27.9 Å². The number of carbonyl (C=O) groups excluding carboxylic acids is 1. The molecule has 0 aliphatic carbocycles. The number of nitrogens with two attached hydrogens (primary N) is 1. The van der Waals surface area contributed by atoms with Crippen LogP contribution in [-0.4, -0.2) is 12.5 Å². The zero-order valence-electron chi connectivity index (χ0n) is 8.92. The lowest BCUT2D eigenvalue weighted by atomic mass is 10.2. The molecule has 0 spiro atoms. The van der Waals surface area contributed by atoms with Crippen LogP contribution in [-0.2, 0) is 0 Å². The molecule has 0 radical (unpaired) electrons. The van der Waals surface area contributed by atoms with E-state index in [4.69, 9.17) is 10.6 Å². The van der Waals surface area contributed by atoms with Crippen molar-refractivity contribution in [2.75, 3.05) is 6.61 Å². The Morgan fingerprint density at radius 1 is 1.62 bits per heavy atom. The van der Waals surface area contributed by atoms with E-state index < -0.39 is 0 Å². The van der Waals surface area contributed by atoms with Gasteiger partial charge in [-0.2, -0.15) is 0 Å². The molecule has 5 heteroatoms. The summed E-state index contributed by atoms with van der Waals surface area (Å²) in [6, 6.07) is 4.99. The molecule has 0 bridgehead atoms. The predicted molar refractivity (Wildman–Crippen MR) is 66.1 cm³/mol. The Morgan fingerprint density at radius 3 is 2.81 bits per heavy atom. The number of hydrogen-bond donors (Lipinski definition) is 2. The van der Waals surface area contributed by atoms with E-state index in [0.717, 1.165) is 5.57 Å². The largest absolute Gasteiger partial charge is 0.488 e. The van der Waals surface area contributed by atoms with E-state index in [9.17, 15) is 4.79 Å². The Bertz CT molecular complexity index is 418. The summed E-state index contributed by atoms with van der Waals surface area (Å²) in [5.41, 5.74) is 3.46. The monoisotopic (exact) mass is 284 g/mol. The zero-order chi connectivity index (χ0) is 12.1. The number of hydrazine groups is 1. The summed E-state index contributed by atoms with van der Waals surface area (Å²) in [6.45, 7) is 6.06. The Morgan fingerprint density at radius 2 is 2.31 bits per heavy atom. The molecule has 0 fully saturated rings. The topological polar surface area (TPSA) is 64.3 Å². The molecule has 0 atom stereocenters. The Kier molecular flexibility index (Phi) is 4.52. The van der Waals surface area contributed by atoms with Crippen LogP contribution in [0.15, 0.2) is 34.8 Å². The summed E-state index contributed by atoms with van der Waals surface area (Å²) >= 11 is 3.32. The zero-order valence-corrected chi connectivity index (χ0v) is 10.5. The fraction of sp³-hybridized carbons (Fsp3) is 0.182. The van der Waals surface area contributed by atoms with Gasteiger partial charge in [0.1, 0.15) is 12.4 Å². The summed E-state index contributed by atoms with van der Waals surface area (Å²) < 4.78 is 6.16. The van der Waals surface area contributed by atoms with Crippen molar-refractivity contribution in [3.8, 4) is 5.75 Å². The van der Waals surface area contributed by atoms with Gasteiger partial charge in [0.15, 0.2) is 0 Å². The Balaban J connectivity index is 2.83. The third kappa shape index (κ3) is 3.36. The number of nitrogen functional groups attached to an aromatic ring is 1. The predicted octanol–water partition coefficient (Wildman–Crippen LogP) is 2.01. The number of rotatable bonds is 4. The molecule has 0 saturated carbocycles. The number of carbonyl (C=O) groups is 1. The van der Waals surface area contributed by atoms with E-state index >= 15 is 0 Å². The maximum absolute atomic E-state index is 11.2. The van der Waals surface area contributed by atoms with Crippen LogP contribution < -0.4 is 16.0 Å². The van der Waals surface area contributed by atoms with E-state index in [1.807, 2.05) is 6.92 Å². The molecule has 1 aromatic rings. The highest BCUT2D eigenvalue weighted by Gasteiger charge is 2.07. The van der Waals surface area contributed by atoms with Gasteiger partial charge in [-0.15, -0.1) is 0 Å². The second-order valence-corrected chi connectivity index (χ2v) is 4.22. The second-order valence-electron chi connectivity index (χ2n) is 3.36. The third-order valence-electron chi connectivity index (χ3n) is 1.80. The molecule has 0 aliphatic rings. The van der Waals surface area contributed by atoms with Crippen molar-refractivity contribution < 1.29 is 9.53 Å². The SMILES string of the molecule is C=C(C)COc1ccc(C(=O)NN)cc1Br. The summed E-state index contributed by atoms with van der Waals surface area (Å²) in [4.78, 5) is 11.2. The van der Waals surface area contributed by atoms with E-state index in [1.54, 1.807) is 18.2 Å². The summed E-state index contributed by atoms with van der Waals surface area (Å²) in [7, 11) is 0. The average Bonchev–Trinajstić information content (AvgIpc) is 2.26.